The summed E-state index contributed by atoms with van der Waals surface area (Å²) in [6.07, 6.45) is 4.78. The lowest BCUT2D eigenvalue weighted by atomic mass is 9.90. The average molecular weight is 499 g/mol. The van der Waals surface area contributed by atoms with Gasteiger partial charge in [-0.3, -0.25) is 14.6 Å². The van der Waals surface area contributed by atoms with Gasteiger partial charge in [-0.15, -0.1) is 0 Å². The van der Waals surface area contributed by atoms with E-state index in [0.29, 0.717) is 27.9 Å². The number of carbonyl (C=O) groups excluding carboxylic acids is 2. The number of ketones is 1. The molecule has 5 N–H and O–H groups in total. The van der Waals surface area contributed by atoms with Crippen molar-refractivity contribution in [3.8, 4) is 16.9 Å². The van der Waals surface area contributed by atoms with E-state index in [1.54, 1.807) is 25.3 Å². The maximum absolute atomic E-state index is 14.1. The van der Waals surface area contributed by atoms with E-state index in [-0.39, 0.29) is 28.8 Å². The average Bonchev–Trinajstić information content (AvgIpc) is 2.83. The smallest absolute Gasteiger partial charge is 0.236 e. The number of phenols is 1. The number of benzene rings is 2. The van der Waals surface area contributed by atoms with Crippen molar-refractivity contribution in [1.29, 1.82) is 0 Å². The lowest BCUT2D eigenvalue weighted by Crippen LogP contribution is -2.46. The topological polar surface area (TPSA) is 117 Å². The Morgan fingerprint density at radius 3 is 2.46 bits per heavy atom. The molecule has 0 spiro atoms. The molecule has 1 amide bonds. The van der Waals surface area contributed by atoms with Crippen LogP contribution in [-0.4, -0.2) is 39.9 Å². The Balaban J connectivity index is 1.65. The number of nitrogens with two attached hydrogens (primary N) is 1. The largest absolute Gasteiger partial charge is 0.504 e. The number of nitrogens with one attached hydrogen (secondary N) is 2. The molecule has 1 unspecified atom stereocenters. The maximum atomic E-state index is 14.1. The lowest BCUT2D eigenvalue weighted by Gasteiger charge is -2.31. The van der Waals surface area contributed by atoms with Gasteiger partial charge in [-0.1, -0.05) is 17.7 Å². The Kier molecular flexibility index (Phi) is 7.23. The number of amides is 1. The maximum Gasteiger partial charge on any atom is 0.236 e. The monoisotopic (exact) mass is 498 g/mol. The van der Waals surface area contributed by atoms with Gasteiger partial charge in [0.1, 0.15) is 0 Å². The third-order valence-corrected chi connectivity index (χ3v) is 6.72. The van der Waals surface area contributed by atoms with Gasteiger partial charge in [-0.05, 0) is 74.9 Å². The van der Waals surface area contributed by atoms with Gasteiger partial charge in [-0.25, -0.2) is 4.39 Å². The molecule has 184 valence electrons. The highest BCUT2D eigenvalue weighted by Crippen LogP contribution is 2.36. The van der Waals surface area contributed by atoms with Crippen LogP contribution in [0.4, 0.5) is 10.1 Å². The number of aromatic nitrogens is 1. The Labute approximate surface area is 207 Å². The summed E-state index contributed by atoms with van der Waals surface area (Å²) in [5.74, 6) is -1.68. The van der Waals surface area contributed by atoms with Crippen molar-refractivity contribution in [3.05, 3.63) is 52.9 Å². The highest BCUT2D eigenvalue weighted by atomic mass is 35.5. The molecule has 2 aromatic carbocycles. The molecule has 9 heteroatoms. The molecule has 1 saturated carbocycles. The molecule has 0 bridgehead atoms. The van der Waals surface area contributed by atoms with Gasteiger partial charge >= 0.3 is 0 Å². The first kappa shape index (κ1) is 24.9. The number of aromatic hydroxyl groups is 1. The first-order valence-electron chi connectivity index (χ1n) is 11.6. The van der Waals surface area contributed by atoms with E-state index in [1.807, 2.05) is 6.07 Å². The SMILES string of the molecule is CC(=O)c1cnc2ccc(-c3cc(F)c(O)c(Cl)c3)cc2c1N[C@H]1CC[C@H](NC(=O)C(C)N)CC1. The molecule has 1 aliphatic carbocycles. The molecule has 1 aliphatic rings. The molecule has 1 aromatic heterocycles. The van der Waals surface area contributed by atoms with Gasteiger partial charge < -0.3 is 21.5 Å². The third kappa shape index (κ3) is 5.39. The van der Waals surface area contributed by atoms with Gasteiger partial charge in [0, 0.05) is 23.7 Å². The summed E-state index contributed by atoms with van der Waals surface area (Å²) >= 11 is 5.98. The number of fused-ring (bicyclic) bond motifs is 1. The number of rotatable bonds is 6. The minimum Gasteiger partial charge on any atom is -0.504 e. The van der Waals surface area contributed by atoms with Crippen molar-refractivity contribution in [2.24, 2.45) is 5.73 Å². The number of halogens is 2. The Bertz CT molecular complexity index is 1270. The summed E-state index contributed by atoms with van der Waals surface area (Å²) in [5, 5.41) is 16.8. The van der Waals surface area contributed by atoms with Crippen molar-refractivity contribution in [2.45, 2.75) is 57.7 Å². The first-order chi connectivity index (χ1) is 16.6. The molecule has 4 rings (SSSR count). The summed E-state index contributed by atoms with van der Waals surface area (Å²) in [6, 6.07) is 7.79. The van der Waals surface area contributed by atoms with Crippen molar-refractivity contribution < 1.29 is 19.1 Å². The van der Waals surface area contributed by atoms with Crippen LogP contribution in [-0.2, 0) is 4.79 Å². The zero-order chi connectivity index (χ0) is 25.3. The van der Waals surface area contributed by atoms with E-state index < -0.39 is 17.6 Å². The van der Waals surface area contributed by atoms with E-state index in [4.69, 9.17) is 17.3 Å². The highest BCUT2D eigenvalue weighted by Gasteiger charge is 2.25. The van der Waals surface area contributed by atoms with E-state index in [2.05, 4.69) is 15.6 Å². The molecule has 35 heavy (non-hydrogen) atoms. The molecule has 0 aliphatic heterocycles. The molecule has 7 nitrogen and oxygen atoms in total. The molecular weight excluding hydrogens is 471 g/mol. The Morgan fingerprint density at radius 2 is 1.83 bits per heavy atom. The summed E-state index contributed by atoms with van der Waals surface area (Å²) in [6.45, 7) is 3.16. The summed E-state index contributed by atoms with van der Waals surface area (Å²) in [7, 11) is 0. The second-order valence-corrected chi connectivity index (χ2v) is 9.52. The molecule has 1 atom stereocenters. The van der Waals surface area contributed by atoms with Crippen LogP contribution >= 0.6 is 11.6 Å². The van der Waals surface area contributed by atoms with Crippen molar-refractivity contribution in [2.75, 3.05) is 5.32 Å². The fourth-order valence-corrected chi connectivity index (χ4v) is 4.65. The zero-order valence-electron chi connectivity index (χ0n) is 19.6. The standard InChI is InChI=1S/C26H28ClFN4O3/c1-13(29)26(35)32-18-6-4-17(5-7-18)31-24-19-9-15(16-10-21(27)25(34)22(28)11-16)3-8-23(19)30-12-20(24)14(2)33/h3,8-13,17-18,34H,4-7,29H2,1-2H3,(H,30,31)(H,32,35)/t13?,17-,18-. The zero-order valence-corrected chi connectivity index (χ0v) is 20.3. The van der Waals surface area contributed by atoms with Crippen LogP contribution in [0.3, 0.4) is 0 Å². The molecule has 3 aromatic rings. The number of phenolic OH excluding ortho intramolecular Hbond substituents is 1. The van der Waals surface area contributed by atoms with Gasteiger partial charge in [-0.2, -0.15) is 0 Å². The van der Waals surface area contributed by atoms with Crippen LogP contribution in [0.2, 0.25) is 5.02 Å². The normalized spacial score (nSPS) is 18.8. The summed E-state index contributed by atoms with van der Waals surface area (Å²) in [5.41, 5.74) is 8.66. The Hall–Kier alpha value is -3.23. The third-order valence-electron chi connectivity index (χ3n) is 6.43. The van der Waals surface area contributed by atoms with E-state index >= 15 is 0 Å². The molecule has 1 heterocycles. The predicted octanol–water partition coefficient (Wildman–Crippen LogP) is 4.79. The number of Topliss-reactive ketones (excluding diaryl/α,β-unsaturated/α-hetero) is 1. The second kappa shape index (κ2) is 10.2. The highest BCUT2D eigenvalue weighted by molar-refractivity contribution is 6.32. The van der Waals surface area contributed by atoms with Crippen LogP contribution in [0.15, 0.2) is 36.5 Å². The number of carbonyl (C=O) groups is 2. The van der Waals surface area contributed by atoms with Gasteiger partial charge in [0.05, 0.1) is 27.8 Å². The van der Waals surface area contributed by atoms with Crippen molar-refractivity contribution >= 4 is 39.9 Å². The molecular formula is C26H28ClFN4O3. The molecule has 0 saturated heterocycles. The number of anilines is 1. The van der Waals surface area contributed by atoms with E-state index in [9.17, 15) is 19.1 Å². The minimum absolute atomic E-state index is 0.0776. The van der Waals surface area contributed by atoms with Crippen molar-refractivity contribution in [3.63, 3.8) is 0 Å². The quantitative estimate of drug-likeness (QED) is 0.363. The number of hydrogen-bond donors (Lipinski definition) is 4. The Morgan fingerprint density at radius 1 is 1.14 bits per heavy atom. The van der Waals surface area contributed by atoms with Gasteiger partial charge in [0.15, 0.2) is 17.3 Å². The van der Waals surface area contributed by atoms with Crippen LogP contribution in [0, 0.1) is 5.82 Å². The predicted molar refractivity (Wildman–Crippen MR) is 135 cm³/mol. The molecule has 1 fully saturated rings. The number of nitrogens with zero attached hydrogens (tertiary/aromatic N) is 1. The first-order valence-corrected chi connectivity index (χ1v) is 12.0. The van der Waals surface area contributed by atoms with Gasteiger partial charge in [0.2, 0.25) is 5.91 Å². The summed E-state index contributed by atoms with van der Waals surface area (Å²) in [4.78, 5) is 28.8. The van der Waals surface area contributed by atoms with E-state index in [1.165, 1.54) is 19.1 Å². The fraction of sp³-hybridized carbons (Fsp3) is 0.346. The summed E-state index contributed by atoms with van der Waals surface area (Å²) < 4.78 is 14.1. The second-order valence-electron chi connectivity index (χ2n) is 9.11. The van der Waals surface area contributed by atoms with E-state index in [0.717, 1.165) is 31.1 Å². The van der Waals surface area contributed by atoms with Gasteiger partial charge in [0.25, 0.3) is 0 Å². The fourth-order valence-electron chi connectivity index (χ4n) is 4.45. The van der Waals surface area contributed by atoms with Crippen LogP contribution in [0.5, 0.6) is 5.75 Å². The van der Waals surface area contributed by atoms with Crippen LogP contribution in [0.25, 0.3) is 22.0 Å². The van der Waals surface area contributed by atoms with Crippen molar-refractivity contribution in [1.82, 2.24) is 10.3 Å². The number of pyridine rings is 1. The van der Waals surface area contributed by atoms with Crippen LogP contribution < -0.4 is 16.4 Å². The number of hydrogen-bond acceptors (Lipinski definition) is 6. The minimum atomic E-state index is -0.811. The lowest BCUT2D eigenvalue weighted by molar-refractivity contribution is -0.122. The van der Waals surface area contributed by atoms with Crippen LogP contribution in [0.1, 0.15) is 49.9 Å². The molecule has 0 radical (unpaired) electrons.